The molecule has 1 heterocycles. The molecule has 1 aromatic heterocycles. The van der Waals surface area contributed by atoms with Crippen LogP contribution in [0.2, 0.25) is 0 Å². The molecule has 0 bridgehead atoms. The van der Waals surface area contributed by atoms with Gasteiger partial charge in [-0.05, 0) is 50.3 Å². The van der Waals surface area contributed by atoms with Crippen LogP contribution in [0.15, 0.2) is 30.3 Å². The number of aliphatic hydroxyl groups excluding tert-OH is 1. The molecule has 1 atom stereocenters. The highest BCUT2D eigenvalue weighted by atomic mass is 32.1. The second kappa shape index (κ2) is 6.00. The number of aryl methyl sites for hydroxylation is 2. The molecule has 1 unspecified atom stereocenters. The number of carbonyl (C=O) groups excluding carboxylic acids is 1. The van der Waals surface area contributed by atoms with Gasteiger partial charge >= 0.3 is 0 Å². The third kappa shape index (κ3) is 3.01. The highest BCUT2D eigenvalue weighted by Crippen LogP contribution is 2.30. The standard InChI is InChI=1S/C17H19NO2S/c1-11(19)13-7-3-4-8-14(13)18-17(20)16-10-12-6-2-5-9-15(12)21-16/h3-4,7-8,10-11,19H,2,5-6,9H2,1H3,(H,18,20). The molecule has 1 aromatic carbocycles. The van der Waals surface area contributed by atoms with E-state index in [1.807, 2.05) is 30.3 Å². The van der Waals surface area contributed by atoms with E-state index in [0.29, 0.717) is 5.69 Å². The summed E-state index contributed by atoms with van der Waals surface area (Å²) in [6.45, 7) is 1.70. The molecular weight excluding hydrogens is 282 g/mol. The first kappa shape index (κ1) is 14.3. The first-order chi connectivity index (χ1) is 10.1. The van der Waals surface area contributed by atoms with Crippen molar-refractivity contribution < 1.29 is 9.90 Å². The van der Waals surface area contributed by atoms with E-state index in [1.165, 1.54) is 23.3 Å². The van der Waals surface area contributed by atoms with E-state index in [-0.39, 0.29) is 5.91 Å². The van der Waals surface area contributed by atoms with Crippen LogP contribution in [0.25, 0.3) is 0 Å². The first-order valence-corrected chi connectivity index (χ1v) is 8.16. The lowest BCUT2D eigenvalue weighted by atomic mass is 9.99. The molecule has 1 aliphatic rings. The highest BCUT2D eigenvalue weighted by molar-refractivity contribution is 7.14. The van der Waals surface area contributed by atoms with Gasteiger partial charge in [0.15, 0.2) is 0 Å². The van der Waals surface area contributed by atoms with Crippen LogP contribution in [0.1, 0.15) is 51.5 Å². The van der Waals surface area contributed by atoms with Crippen molar-refractivity contribution in [2.24, 2.45) is 0 Å². The molecule has 0 radical (unpaired) electrons. The summed E-state index contributed by atoms with van der Waals surface area (Å²) in [7, 11) is 0. The van der Waals surface area contributed by atoms with E-state index in [2.05, 4.69) is 5.32 Å². The van der Waals surface area contributed by atoms with Gasteiger partial charge in [-0.3, -0.25) is 4.79 Å². The van der Waals surface area contributed by atoms with Gasteiger partial charge in [0.1, 0.15) is 0 Å². The Morgan fingerprint density at radius 3 is 2.81 bits per heavy atom. The number of carbonyl (C=O) groups is 1. The fourth-order valence-corrected chi connectivity index (χ4v) is 3.91. The van der Waals surface area contributed by atoms with E-state index in [0.717, 1.165) is 23.3 Å². The molecule has 0 saturated carbocycles. The van der Waals surface area contributed by atoms with E-state index >= 15 is 0 Å². The number of fused-ring (bicyclic) bond motifs is 1. The maximum absolute atomic E-state index is 12.4. The zero-order chi connectivity index (χ0) is 14.8. The van der Waals surface area contributed by atoms with Crippen LogP contribution in [-0.2, 0) is 12.8 Å². The Bertz CT molecular complexity index is 637. The van der Waals surface area contributed by atoms with E-state index in [4.69, 9.17) is 0 Å². The van der Waals surface area contributed by atoms with Crippen LogP contribution in [0, 0.1) is 0 Å². The van der Waals surface area contributed by atoms with Crippen LogP contribution < -0.4 is 5.32 Å². The lowest BCUT2D eigenvalue weighted by molar-refractivity contribution is 0.103. The molecule has 21 heavy (non-hydrogen) atoms. The van der Waals surface area contributed by atoms with E-state index in [9.17, 15) is 9.90 Å². The summed E-state index contributed by atoms with van der Waals surface area (Å²) < 4.78 is 0. The number of hydrogen-bond acceptors (Lipinski definition) is 3. The Balaban J connectivity index is 1.82. The minimum Gasteiger partial charge on any atom is -0.389 e. The minimum absolute atomic E-state index is 0.0810. The van der Waals surface area contributed by atoms with Crippen LogP contribution in [-0.4, -0.2) is 11.0 Å². The summed E-state index contributed by atoms with van der Waals surface area (Å²) in [5, 5.41) is 12.7. The van der Waals surface area contributed by atoms with Crippen molar-refractivity contribution >= 4 is 22.9 Å². The van der Waals surface area contributed by atoms with E-state index < -0.39 is 6.10 Å². The molecule has 4 heteroatoms. The molecule has 2 N–H and O–H groups in total. The van der Waals surface area contributed by atoms with Crippen LogP contribution in [0.4, 0.5) is 5.69 Å². The Morgan fingerprint density at radius 1 is 1.29 bits per heavy atom. The average Bonchev–Trinajstić information content (AvgIpc) is 2.91. The Morgan fingerprint density at radius 2 is 2.05 bits per heavy atom. The maximum Gasteiger partial charge on any atom is 0.265 e. The summed E-state index contributed by atoms with van der Waals surface area (Å²) in [4.78, 5) is 14.5. The first-order valence-electron chi connectivity index (χ1n) is 7.35. The minimum atomic E-state index is -0.599. The zero-order valence-corrected chi connectivity index (χ0v) is 12.9. The molecule has 2 aromatic rings. The number of benzene rings is 1. The summed E-state index contributed by atoms with van der Waals surface area (Å²) in [5.41, 5.74) is 2.76. The van der Waals surface area contributed by atoms with Crippen molar-refractivity contribution in [3.63, 3.8) is 0 Å². The summed E-state index contributed by atoms with van der Waals surface area (Å²) >= 11 is 1.60. The quantitative estimate of drug-likeness (QED) is 0.902. The maximum atomic E-state index is 12.4. The van der Waals surface area contributed by atoms with Crippen LogP contribution >= 0.6 is 11.3 Å². The summed E-state index contributed by atoms with van der Waals surface area (Å²) in [6.07, 6.45) is 4.02. The second-order valence-electron chi connectivity index (χ2n) is 5.48. The molecule has 0 spiro atoms. The van der Waals surface area contributed by atoms with Gasteiger partial charge in [-0.25, -0.2) is 0 Å². The molecule has 3 rings (SSSR count). The number of thiophene rings is 1. The van der Waals surface area contributed by atoms with Gasteiger partial charge in [-0.1, -0.05) is 18.2 Å². The smallest absolute Gasteiger partial charge is 0.265 e. The fraction of sp³-hybridized carbons (Fsp3) is 0.353. The monoisotopic (exact) mass is 301 g/mol. The Labute approximate surface area is 128 Å². The van der Waals surface area contributed by atoms with Gasteiger partial charge in [0.2, 0.25) is 0 Å². The van der Waals surface area contributed by atoms with Crippen molar-refractivity contribution in [3.8, 4) is 0 Å². The third-order valence-electron chi connectivity index (χ3n) is 3.88. The largest absolute Gasteiger partial charge is 0.389 e. The normalized spacial score (nSPS) is 15.3. The molecule has 1 aliphatic carbocycles. The molecule has 3 nitrogen and oxygen atoms in total. The van der Waals surface area contributed by atoms with Gasteiger partial charge in [0.25, 0.3) is 5.91 Å². The van der Waals surface area contributed by atoms with Gasteiger partial charge in [0, 0.05) is 16.1 Å². The predicted octanol–water partition coefficient (Wildman–Crippen LogP) is 3.93. The highest BCUT2D eigenvalue weighted by Gasteiger charge is 2.18. The van der Waals surface area contributed by atoms with Gasteiger partial charge < -0.3 is 10.4 Å². The number of rotatable bonds is 3. The van der Waals surface area contributed by atoms with Crippen molar-refractivity contribution in [3.05, 3.63) is 51.2 Å². The van der Waals surface area contributed by atoms with Crippen molar-refractivity contribution in [1.82, 2.24) is 0 Å². The van der Waals surface area contributed by atoms with Crippen LogP contribution in [0.3, 0.4) is 0 Å². The molecule has 1 amide bonds. The van der Waals surface area contributed by atoms with Gasteiger partial charge in [0.05, 0.1) is 11.0 Å². The topological polar surface area (TPSA) is 49.3 Å². The number of anilines is 1. The summed E-state index contributed by atoms with van der Waals surface area (Å²) in [6, 6.07) is 9.41. The number of amides is 1. The lowest BCUT2D eigenvalue weighted by Crippen LogP contribution is -2.12. The number of aliphatic hydroxyl groups is 1. The number of hydrogen-bond donors (Lipinski definition) is 2. The Kier molecular flexibility index (Phi) is 4.08. The summed E-state index contributed by atoms with van der Waals surface area (Å²) in [5.74, 6) is -0.0810. The van der Waals surface area contributed by atoms with Crippen molar-refractivity contribution in [2.75, 3.05) is 5.32 Å². The van der Waals surface area contributed by atoms with Gasteiger partial charge in [-0.15, -0.1) is 11.3 Å². The van der Waals surface area contributed by atoms with Crippen molar-refractivity contribution in [1.29, 1.82) is 0 Å². The lowest BCUT2D eigenvalue weighted by Gasteiger charge is -2.12. The van der Waals surface area contributed by atoms with Crippen molar-refractivity contribution in [2.45, 2.75) is 38.7 Å². The molecule has 0 aliphatic heterocycles. The zero-order valence-electron chi connectivity index (χ0n) is 12.1. The fourth-order valence-electron chi connectivity index (χ4n) is 2.76. The number of para-hydroxylation sites is 1. The average molecular weight is 301 g/mol. The SMILES string of the molecule is CC(O)c1ccccc1NC(=O)c1cc2c(s1)CCCC2. The predicted molar refractivity (Wildman–Crippen MR) is 86.0 cm³/mol. The molecular formula is C17H19NO2S. The van der Waals surface area contributed by atoms with Crippen LogP contribution in [0.5, 0.6) is 0 Å². The third-order valence-corrected chi connectivity index (χ3v) is 5.12. The molecule has 110 valence electrons. The molecule has 0 fully saturated rings. The van der Waals surface area contributed by atoms with E-state index in [1.54, 1.807) is 18.3 Å². The Hall–Kier alpha value is -1.65. The van der Waals surface area contributed by atoms with Gasteiger partial charge in [-0.2, -0.15) is 0 Å². The molecule has 0 saturated heterocycles. The number of nitrogens with one attached hydrogen (secondary N) is 1. The second-order valence-corrected chi connectivity index (χ2v) is 6.62.